The second-order valence-corrected chi connectivity index (χ2v) is 5.08. The number of nitrogens with zero attached hydrogens (tertiary/aromatic N) is 6. The number of hydrogen-bond donors (Lipinski definition) is 0. The fourth-order valence-electron chi connectivity index (χ4n) is 2.51. The molecule has 0 radical (unpaired) electrons. The van der Waals surface area contributed by atoms with E-state index in [9.17, 15) is 0 Å². The van der Waals surface area contributed by atoms with E-state index in [4.69, 9.17) is 4.74 Å². The van der Waals surface area contributed by atoms with Gasteiger partial charge in [-0.3, -0.25) is 9.58 Å². The number of aryl methyl sites for hydroxylation is 1. The van der Waals surface area contributed by atoms with Crippen LogP contribution in [0.1, 0.15) is 23.9 Å². The molecular weight excluding hydrogens is 256 g/mol. The van der Waals surface area contributed by atoms with E-state index in [1.54, 1.807) is 0 Å². The van der Waals surface area contributed by atoms with Crippen LogP contribution in [0.25, 0.3) is 0 Å². The van der Waals surface area contributed by atoms with Crippen LogP contribution >= 0.6 is 0 Å². The summed E-state index contributed by atoms with van der Waals surface area (Å²) in [7, 11) is 1.94. The minimum absolute atomic E-state index is 0.548. The summed E-state index contributed by atoms with van der Waals surface area (Å²) in [5.74, 6) is 0. The molecule has 0 aromatic carbocycles. The van der Waals surface area contributed by atoms with Gasteiger partial charge in [0.1, 0.15) is 5.69 Å². The molecule has 3 rings (SSSR count). The van der Waals surface area contributed by atoms with Crippen LogP contribution in [0.5, 0.6) is 0 Å². The van der Waals surface area contributed by atoms with Crippen molar-refractivity contribution >= 4 is 0 Å². The van der Waals surface area contributed by atoms with Gasteiger partial charge in [0.2, 0.25) is 0 Å². The first-order chi connectivity index (χ1) is 9.76. The van der Waals surface area contributed by atoms with Crippen molar-refractivity contribution in [1.82, 2.24) is 29.7 Å². The number of rotatable bonds is 5. The van der Waals surface area contributed by atoms with Gasteiger partial charge in [0.05, 0.1) is 25.0 Å². The Balaban J connectivity index is 1.68. The SMILES string of the molecule is CCOCc1nnn2c1CN(Cc1cnn(C)c1)CC2. The van der Waals surface area contributed by atoms with Gasteiger partial charge in [0.25, 0.3) is 0 Å². The normalized spacial score (nSPS) is 15.5. The van der Waals surface area contributed by atoms with Crippen LogP contribution in [-0.4, -0.2) is 42.8 Å². The molecule has 0 atom stereocenters. The third-order valence-electron chi connectivity index (χ3n) is 3.53. The summed E-state index contributed by atoms with van der Waals surface area (Å²) in [5.41, 5.74) is 3.37. The number of hydrogen-bond acceptors (Lipinski definition) is 5. The van der Waals surface area contributed by atoms with Crippen LogP contribution in [0.15, 0.2) is 12.4 Å². The van der Waals surface area contributed by atoms with Crippen molar-refractivity contribution in [3.63, 3.8) is 0 Å². The topological polar surface area (TPSA) is 61.0 Å². The monoisotopic (exact) mass is 276 g/mol. The molecule has 2 aromatic heterocycles. The van der Waals surface area contributed by atoms with E-state index in [1.165, 1.54) is 11.3 Å². The Morgan fingerprint density at radius 3 is 3.00 bits per heavy atom. The Morgan fingerprint density at radius 2 is 2.25 bits per heavy atom. The van der Waals surface area contributed by atoms with E-state index < -0.39 is 0 Å². The summed E-state index contributed by atoms with van der Waals surface area (Å²) < 4.78 is 9.29. The van der Waals surface area contributed by atoms with Crippen LogP contribution in [-0.2, 0) is 38.0 Å². The first-order valence-electron chi connectivity index (χ1n) is 6.95. The van der Waals surface area contributed by atoms with E-state index in [-0.39, 0.29) is 0 Å². The smallest absolute Gasteiger partial charge is 0.113 e. The van der Waals surface area contributed by atoms with Gasteiger partial charge in [-0.15, -0.1) is 5.10 Å². The molecule has 0 saturated carbocycles. The Hall–Kier alpha value is -1.73. The summed E-state index contributed by atoms with van der Waals surface area (Å²) in [4.78, 5) is 2.39. The minimum atomic E-state index is 0.548. The average molecular weight is 276 g/mol. The summed E-state index contributed by atoms with van der Waals surface area (Å²) >= 11 is 0. The van der Waals surface area contributed by atoms with Crippen LogP contribution in [0.4, 0.5) is 0 Å². The molecule has 108 valence electrons. The first kappa shape index (κ1) is 13.3. The maximum absolute atomic E-state index is 5.45. The van der Waals surface area contributed by atoms with Gasteiger partial charge in [-0.05, 0) is 6.92 Å². The molecule has 0 amide bonds. The third-order valence-corrected chi connectivity index (χ3v) is 3.53. The lowest BCUT2D eigenvalue weighted by Crippen LogP contribution is -2.33. The molecule has 0 aliphatic carbocycles. The Labute approximate surface area is 118 Å². The molecular formula is C13H20N6O. The fourth-order valence-corrected chi connectivity index (χ4v) is 2.51. The molecule has 0 saturated heterocycles. The maximum Gasteiger partial charge on any atom is 0.113 e. The van der Waals surface area contributed by atoms with Crippen LogP contribution in [0, 0.1) is 0 Å². The first-order valence-corrected chi connectivity index (χ1v) is 6.95. The van der Waals surface area contributed by atoms with Crippen molar-refractivity contribution in [1.29, 1.82) is 0 Å². The molecule has 7 nitrogen and oxygen atoms in total. The van der Waals surface area contributed by atoms with Crippen LogP contribution in [0.3, 0.4) is 0 Å². The van der Waals surface area contributed by atoms with Crippen molar-refractivity contribution < 1.29 is 4.74 Å². The molecule has 0 N–H and O–H groups in total. The molecule has 7 heteroatoms. The maximum atomic E-state index is 5.45. The van der Waals surface area contributed by atoms with Gasteiger partial charge in [0.15, 0.2) is 0 Å². The highest BCUT2D eigenvalue weighted by atomic mass is 16.5. The molecule has 0 fully saturated rings. The van der Waals surface area contributed by atoms with Gasteiger partial charge in [-0.25, -0.2) is 4.68 Å². The second-order valence-electron chi connectivity index (χ2n) is 5.08. The van der Waals surface area contributed by atoms with E-state index in [2.05, 4.69) is 26.5 Å². The number of aromatic nitrogens is 5. The highest BCUT2D eigenvalue weighted by Crippen LogP contribution is 2.17. The van der Waals surface area contributed by atoms with Crippen molar-refractivity contribution in [3.8, 4) is 0 Å². The highest BCUT2D eigenvalue weighted by Gasteiger charge is 2.21. The predicted octanol–water partition coefficient (Wildman–Crippen LogP) is 0.564. The van der Waals surface area contributed by atoms with Crippen LogP contribution < -0.4 is 0 Å². The lowest BCUT2D eigenvalue weighted by atomic mass is 10.2. The van der Waals surface area contributed by atoms with E-state index in [0.717, 1.165) is 31.9 Å². The summed E-state index contributed by atoms with van der Waals surface area (Å²) in [6, 6.07) is 0. The van der Waals surface area contributed by atoms with Gasteiger partial charge >= 0.3 is 0 Å². The van der Waals surface area contributed by atoms with Crippen LogP contribution in [0.2, 0.25) is 0 Å². The summed E-state index contributed by atoms with van der Waals surface area (Å²) in [6.07, 6.45) is 3.98. The van der Waals surface area contributed by atoms with Gasteiger partial charge in [-0.2, -0.15) is 5.10 Å². The summed E-state index contributed by atoms with van der Waals surface area (Å²) in [6.45, 7) is 6.88. The van der Waals surface area contributed by atoms with E-state index >= 15 is 0 Å². The standard InChI is InChI=1S/C13H20N6O/c1-3-20-10-12-13-9-18(4-5-19(13)16-15-12)8-11-6-14-17(2)7-11/h6-7H,3-5,8-10H2,1-2H3. The Kier molecular flexibility index (Phi) is 3.79. The average Bonchev–Trinajstić information content (AvgIpc) is 3.03. The largest absolute Gasteiger partial charge is 0.375 e. The zero-order chi connectivity index (χ0) is 13.9. The number of ether oxygens (including phenoxy) is 1. The van der Waals surface area contributed by atoms with E-state index in [0.29, 0.717) is 13.2 Å². The van der Waals surface area contributed by atoms with Crippen molar-refractivity contribution in [2.45, 2.75) is 33.2 Å². The second kappa shape index (κ2) is 5.72. The number of fused-ring (bicyclic) bond motifs is 1. The zero-order valence-electron chi connectivity index (χ0n) is 12.0. The Morgan fingerprint density at radius 1 is 1.35 bits per heavy atom. The van der Waals surface area contributed by atoms with Gasteiger partial charge in [0, 0.05) is 45.0 Å². The molecule has 3 heterocycles. The molecule has 0 spiro atoms. The van der Waals surface area contributed by atoms with Crippen molar-refractivity contribution in [2.75, 3.05) is 13.2 Å². The predicted molar refractivity (Wildman–Crippen MR) is 72.7 cm³/mol. The Bertz CT molecular complexity index is 575. The lowest BCUT2D eigenvalue weighted by Gasteiger charge is -2.27. The highest BCUT2D eigenvalue weighted by molar-refractivity contribution is 5.12. The molecule has 0 bridgehead atoms. The zero-order valence-corrected chi connectivity index (χ0v) is 12.0. The molecule has 1 aliphatic rings. The van der Waals surface area contributed by atoms with Gasteiger partial charge in [-0.1, -0.05) is 5.21 Å². The molecule has 2 aromatic rings. The van der Waals surface area contributed by atoms with Crippen molar-refractivity contribution in [2.24, 2.45) is 7.05 Å². The third kappa shape index (κ3) is 2.73. The molecule has 20 heavy (non-hydrogen) atoms. The quantitative estimate of drug-likeness (QED) is 0.799. The fraction of sp³-hybridized carbons (Fsp3) is 0.615. The summed E-state index contributed by atoms with van der Waals surface area (Å²) in [5, 5.41) is 12.6. The van der Waals surface area contributed by atoms with Crippen molar-refractivity contribution in [3.05, 3.63) is 29.3 Å². The molecule has 0 unspecified atom stereocenters. The minimum Gasteiger partial charge on any atom is -0.375 e. The molecule has 1 aliphatic heterocycles. The van der Waals surface area contributed by atoms with Gasteiger partial charge < -0.3 is 4.74 Å². The lowest BCUT2D eigenvalue weighted by molar-refractivity contribution is 0.128. The van der Waals surface area contributed by atoms with E-state index in [1.807, 2.05) is 29.5 Å².